The van der Waals surface area contributed by atoms with E-state index in [0.717, 1.165) is 21.4 Å². The fourth-order valence-corrected chi connectivity index (χ4v) is 2.66. The van der Waals surface area contributed by atoms with Crippen LogP contribution in [-0.4, -0.2) is 30.5 Å². The zero-order valence-electron chi connectivity index (χ0n) is 13.7. The first kappa shape index (κ1) is 17.3. The van der Waals surface area contributed by atoms with Crippen LogP contribution in [0.4, 0.5) is 10.3 Å². The van der Waals surface area contributed by atoms with Crippen molar-refractivity contribution in [1.82, 2.24) is 24.5 Å². The van der Waals surface area contributed by atoms with E-state index in [4.69, 9.17) is 0 Å². The van der Waals surface area contributed by atoms with Crippen LogP contribution in [0.2, 0.25) is 0 Å². The van der Waals surface area contributed by atoms with Crippen molar-refractivity contribution < 1.29 is 9.18 Å². The Balaban J connectivity index is 1.62. The average Bonchev–Trinajstić information content (AvgIpc) is 3.08. The quantitative estimate of drug-likeness (QED) is 0.706. The summed E-state index contributed by atoms with van der Waals surface area (Å²) in [4.78, 5) is 16.2. The summed E-state index contributed by atoms with van der Waals surface area (Å²) in [5, 5.41) is 11.1. The lowest BCUT2D eigenvalue weighted by atomic mass is 10.2. The van der Waals surface area contributed by atoms with Gasteiger partial charge >= 0.3 is 0 Å². The molecule has 25 heavy (non-hydrogen) atoms. The second kappa shape index (κ2) is 7.14. The van der Waals surface area contributed by atoms with Gasteiger partial charge in [0.1, 0.15) is 18.7 Å². The molecule has 9 heteroatoms. The molecule has 0 bridgehead atoms. The summed E-state index contributed by atoms with van der Waals surface area (Å²) >= 11 is 3.43. The third-order valence-electron chi connectivity index (χ3n) is 3.61. The molecule has 0 aliphatic rings. The summed E-state index contributed by atoms with van der Waals surface area (Å²) in [7, 11) is 0. The number of anilines is 1. The van der Waals surface area contributed by atoms with Crippen LogP contribution in [0.5, 0.6) is 0 Å². The Morgan fingerprint density at radius 2 is 2.12 bits per heavy atom. The maximum absolute atomic E-state index is 13.2. The Kier molecular flexibility index (Phi) is 4.93. The average molecular weight is 407 g/mol. The Morgan fingerprint density at radius 1 is 1.32 bits per heavy atom. The molecule has 0 saturated carbocycles. The summed E-state index contributed by atoms with van der Waals surface area (Å²) in [5.41, 5.74) is 2.45. The molecule has 130 valence electrons. The van der Waals surface area contributed by atoms with Gasteiger partial charge in [0.05, 0.1) is 22.4 Å². The third kappa shape index (κ3) is 4.11. The lowest BCUT2D eigenvalue weighted by molar-refractivity contribution is -0.117. The number of rotatable bonds is 5. The molecule has 3 aromatic rings. The molecule has 0 aliphatic heterocycles. The van der Waals surface area contributed by atoms with E-state index in [9.17, 15) is 9.18 Å². The van der Waals surface area contributed by atoms with Crippen molar-refractivity contribution in [3.63, 3.8) is 0 Å². The third-order valence-corrected chi connectivity index (χ3v) is 4.76. The zero-order chi connectivity index (χ0) is 18.0. The topological polar surface area (TPSA) is 77.6 Å². The molecule has 1 amide bonds. The fourth-order valence-electron chi connectivity index (χ4n) is 2.38. The van der Waals surface area contributed by atoms with Gasteiger partial charge in [-0.05, 0) is 47.5 Å². The van der Waals surface area contributed by atoms with Crippen molar-refractivity contribution in [3.8, 4) is 0 Å². The van der Waals surface area contributed by atoms with Crippen LogP contribution in [0.15, 0.2) is 35.1 Å². The first-order chi connectivity index (χ1) is 11.9. The molecule has 0 radical (unpaired) electrons. The number of carbonyl (C=O) groups is 1. The van der Waals surface area contributed by atoms with Crippen molar-refractivity contribution in [2.24, 2.45) is 0 Å². The normalized spacial score (nSPS) is 10.9. The second-order valence-electron chi connectivity index (χ2n) is 5.59. The summed E-state index contributed by atoms with van der Waals surface area (Å²) < 4.78 is 17.2. The number of amides is 1. The highest BCUT2D eigenvalue weighted by molar-refractivity contribution is 9.10. The summed E-state index contributed by atoms with van der Waals surface area (Å²) in [5.74, 6) is -0.384. The van der Waals surface area contributed by atoms with E-state index in [0.29, 0.717) is 6.54 Å². The van der Waals surface area contributed by atoms with Gasteiger partial charge in [-0.25, -0.2) is 14.1 Å². The number of carbonyl (C=O) groups excluding carboxylic acids is 1. The lowest BCUT2D eigenvalue weighted by Gasteiger charge is -2.04. The molecule has 0 saturated heterocycles. The van der Waals surface area contributed by atoms with Crippen molar-refractivity contribution in [3.05, 3.63) is 57.8 Å². The van der Waals surface area contributed by atoms with Gasteiger partial charge in [-0.1, -0.05) is 12.1 Å². The van der Waals surface area contributed by atoms with E-state index in [1.54, 1.807) is 16.8 Å². The molecule has 0 unspecified atom stereocenters. The monoisotopic (exact) mass is 406 g/mol. The molecule has 0 fully saturated rings. The summed E-state index contributed by atoms with van der Waals surface area (Å²) in [6, 6.07) is 6.25. The molecule has 1 N–H and O–H groups in total. The van der Waals surface area contributed by atoms with Gasteiger partial charge in [0.15, 0.2) is 0 Å². The molecule has 1 aromatic carbocycles. The number of halogens is 2. The maximum atomic E-state index is 13.2. The number of benzene rings is 1. The fraction of sp³-hybridized carbons (Fsp3) is 0.250. The minimum Gasteiger partial charge on any atom is -0.292 e. The van der Waals surface area contributed by atoms with E-state index in [1.807, 2.05) is 13.8 Å². The van der Waals surface area contributed by atoms with Crippen LogP contribution < -0.4 is 5.32 Å². The Labute approximate surface area is 152 Å². The molecule has 0 aliphatic carbocycles. The second-order valence-corrected chi connectivity index (χ2v) is 6.38. The minimum absolute atomic E-state index is 0.0662. The first-order valence-corrected chi connectivity index (χ1v) is 8.35. The number of nitrogens with one attached hydrogen (secondary N) is 1. The minimum atomic E-state index is -0.304. The molecule has 2 heterocycles. The van der Waals surface area contributed by atoms with Crippen molar-refractivity contribution in [1.29, 1.82) is 0 Å². The van der Waals surface area contributed by atoms with Crippen LogP contribution in [0.1, 0.15) is 17.0 Å². The van der Waals surface area contributed by atoms with Crippen LogP contribution in [-0.2, 0) is 17.9 Å². The van der Waals surface area contributed by atoms with Crippen LogP contribution in [0.3, 0.4) is 0 Å². The highest BCUT2D eigenvalue weighted by Gasteiger charge is 2.13. The van der Waals surface area contributed by atoms with E-state index < -0.39 is 0 Å². The van der Waals surface area contributed by atoms with Gasteiger partial charge in [0, 0.05) is 0 Å². The zero-order valence-corrected chi connectivity index (χ0v) is 15.3. The van der Waals surface area contributed by atoms with Gasteiger partial charge < -0.3 is 0 Å². The largest absolute Gasteiger partial charge is 0.292 e. The molecular formula is C16H16BrFN6O. The highest BCUT2D eigenvalue weighted by Crippen LogP contribution is 2.19. The molecule has 2 aromatic heterocycles. The van der Waals surface area contributed by atoms with Gasteiger partial charge in [-0.15, -0.1) is 5.10 Å². The lowest BCUT2D eigenvalue weighted by Crippen LogP contribution is -2.21. The van der Waals surface area contributed by atoms with Gasteiger partial charge in [0.25, 0.3) is 0 Å². The molecule has 0 spiro atoms. The van der Waals surface area contributed by atoms with Crippen molar-refractivity contribution >= 4 is 27.8 Å². The van der Waals surface area contributed by atoms with E-state index in [2.05, 4.69) is 36.4 Å². The predicted octanol–water partition coefficient (Wildman–Crippen LogP) is 2.68. The maximum Gasteiger partial charge on any atom is 0.248 e. The summed E-state index contributed by atoms with van der Waals surface area (Å²) in [6.07, 6.45) is 1.49. The molecule has 7 nitrogen and oxygen atoms in total. The number of aryl methyl sites for hydroxylation is 1. The molecule has 0 atom stereocenters. The number of nitrogens with zero attached hydrogens (tertiary/aromatic N) is 5. The standard InChI is InChI=1S/C16H16BrFN6O/c1-10-15(17)11(2)24(21-10)8-14(25)20-16-19-9-23(22-16)7-12-4-3-5-13(18)6-12/h3-6,9H,7-8H2,1-2H3,(H,20,22,25). The van der Waals surface area contributed by atoms with Crippen molar-refractivity contribution in [2.45, 2.75) is 26.9 Å². The van der Waals surface area contributed by atoms with Gasteiger partial charge in [0.2, 0.25) is 11.9 Å². The van der Waals surface area contributed by atoms with Gasteiger partial charge in [-0.3, -0.25) is 14.8 Å². The predicted molar refractivity (Wildman–Crippen MR) is 93.6 cm³/mol. The van der Waals surface area contributed by atoms with Crippen LogP contribution in [0, 0.1) is 19.7 Å². The number of hydrogen-bond donors (Lipinski definition) is 1. The Morgan fingerprint density at radius 3 is 2.80 bits per heavy atom. The molecular weight excluding hydrogens is 391 g/mol. The Bertz CT molecular complexity index is 919. The Hall–Kier alpha value is -2.55. The van der Waals surface area contributed by atoms with Gasteiger partial charge in [-0.2, -0.15) is 5.10 Å². The van der Waals surface area contributed by atoms with Crippen molar-refractivity contribution in [2.75, 3.05) is 5.32 Å². The van der Waals surface area contributed by atoms with Crippen LogP contribution >= 0.6 is 15.9 Å². The number of hydrogen-bond acceptors (Lipinski definition) is 4. The van der Waals surface area contributed by atoms with E-state index in [1.165, 1.54) is 23.1 Å². The smallest absolute Gasteiger partial charge is 0.248 e. The SMILES string of the molecule is Cc1nn(CC(=O)Nc2ncn(Cc3cccc(F)c3)n2)c(C)c1Br. The number of aromatic nitrogens is 5. The highest BCUT2D eigenvalue weighted by atomic mass is 79.9. The molecule has 3 rings (SSSR count). The first-order valence-electron chi connectivity index (χ1n) is 7.55. The summed E-state index contributed by atoms with van der Waals surface area (Å²) in [6.45, 7) is 4.17. The van der Waals surface area contributed by atoms with E-state index in [-0.39, 0.29) is 24.2 Å². The van der Waals surface area contributed by atoms with E-state index >= 15 is 0 Å². The van der Waals surface area contributed by atoms with Crippen LogP contribution in [0.25, 0.3) is 0 Å².